The minimum Gasteiger partial charge on any atom is -0.299 e. The van der Waals surface area contributed by atoms with Crippen LogP contribution in [0.3, 0.4) is 0 Å². The highest BCUT2D eigenvalue weighted by atomic mass is 19.1. The summed E-state index contributed by atoms with van der Waals surface area (Å²) in [7, 11) is 0. The molecule has 0 atom stereocenters. The highest BCUT2D eigenvalue weighted by Gasteiger charge is 2.22. The Morgan fingerprint density at radius 3 is 2.56 bits per heavy atom. The van der Waals surface area contributed by atoms with E-state index in [0.717, 1.165) is 25.9 Å². The summed E-state index contributed by atoms with van der Waals surface area (Å²) >= 11 is 0. The second kappa shape index (κ2) is 5.40. The Morgan fingerprint density at radius 2 is 1.94 bits per heavy atom. The molecule has 1 aliphatic rings. The summed E-state index contributed by atoms with van der Waals surface area (Å²) in [6, 6.07) is 4.53. The number of nitrogens with zero attached hydrogens (tertiary/aromatic N) is 1. The molecule has 0 radical (unpaired) electrons. The smallest absolute Gasteiger partial charge is 0.231 e. The van der Waals surface area contributed by atoms with Crippen LogP contribution < -0.4 is 0 Å². The van der Waals surface area contributed by atoms with Gasteiger partial charge in [0.15, 0.2) is 5.78 Å². The zero-order valence-electron chi connectivity index (χ0n) is 10.4. The van der Waals surface area contributed by atoms with Gasteiger partial charge in [-0.15, -0.1) is 0 Å². The average molecular weight is 249 g/mol. The van der Waals surface area contributed by atoms with Crippen molar-refractivity contribution >= 4 is 11.6 Å². The standard InChI is InChI=1S/C14H16FNO2/c1-10(17)14(18)13-11(5-4-6-12(13)15)9-16-7-2-3-8-16/h4-6H,2-3,7-9H2,1H3. The van der Waals surface area contributed by atoms with E-state index in [0.29, 0.717) is 12.1 Å². The third kappa shape index (κ3) is 2.64. The van der Waals surface area contributed by atoms with E-state index in [1.54, 1.807) is 12.1 Å². The molecule has 0 N–H and O–H groups in total. The van der Waals surface area contributed by atoms with Gasteiger partial charge in [-0.3, -0.25) is 14.5 Å². The van der Waals surface area contributed by atoms with Gasteiger partial charge in [-0.1, -0.05) is 12.1 Å². The second-order valence-electron chi connectivity index (χ2n) is 4.64. The molecule has 1 aromatic carbocycles. The van der Waals surface area contributed by atoms with Crippen LogP contribution in [-0.2, 0) is 11.3 Å². The van der Waals surface area contributed by atoms with Gasteiger partial charge in [0.2, 0.25) is 5.78 Å². The Hall–Kier alpha value is -1.55. The molecule has 0 aromatic heterocycles. The first kappa shape index (κ1) is 12.9. The van der Waals surface area contributed by atoms with Crippen LogP contribution in [0.25, 0.3) is 0 Å². The number of carbonyl (C=O) groups is 2. The molecular weight excluding hydrogens is 233 g/mol. The monoisotopic (exact) mass is 249 g/mol. The van der Waals surface area contributed by atoms with E-state index < -0.39 is 17.4 Å². The summed E-state index contributed by atoms with van der Waals surface area (Å²) in [6.07, 6.45) is 2.26. The third-order valence-corrected chi connectivity index (χ3v) is 3.24. The molecule has 1 heterocycles. The number of hydrogen-bond donors (Lipinski definition) is 0. The molecule has 0 aliphatic carbocycles. The lowest BCUT2D eigenvalue weighted by atomic mass is 10.0. The Labute approximate surface area is 106 Å². The Morgan fingerprint density at radius 1 is 1.28 bits per heavy atom. The van der Waals surface area contributed by atoms with Crippen LogP contribution in [0.1, 0.15) is 35.7 Å². The van der Waals surface area contributed by atoms with Gasteiger partial charge in [0, 0.05) is 13.5 Å². The molecule has 18 heavy (non-hydrogen) atoms. The van der Waals surface area contributed by atoms with Gasteiger partial charge < -0.3 is 0 Å². The summed E-state index contributed by atoms with van der Waals surface area (Å²) in [4.78, 5) is 25.1. The van der Waals surface area contributed by atoms with Crippen molar-refractivity contribution in [1.29, 1.82) is 0 Å². The van der Waals surface area contributed by atoms with E-state index in [-0.39, 0.29) is 5.56 Å². The lowest BCUT2D eigenvalue weighted by molar-refractivity contribution is -0.113. The van der Waals surface area contributed by atoms with Gasteiger partial charge in [0.1, 0.15) is 5.82 Å². The van der Waals surface area contributed by atoms with Crippen LogP contribution in [-0.4, -0.2) is 29.6 Å². The molecule has 0 amide bonds. The van der Waals surface area contributed by atoms with E-state index in [4.69, 9.17) is 0 Å². The number of ketones is 2. The number of rotatable bonds is 4. The van der Waals surface area contributed by atoms with E-state index in [1.807, 2.05) is 0 Å². The lowest BCUT2D eigenvalue weighted by Gasteiger charge is -2.16. The number of likely N-dealkylation sites (tertiary alicyclic amines) is 1. The Kier molecular flexibility index (Phi) is 3.87. The molecule has 3 nitrogen and oxygen atoms in total. The van der Waals surface area contributed by atoms with Crippen molar-refractivity contribution in [3.8, 4) is 0 Å². The number of Topliss-reactive ketones (excluding diaryl/α,β-unsaturated/α-hetero) is 2. The minimum absolute atomic E-state index is 0.0584. The van der Waals surface area contributed by atoms with Crippen LogP contribution in [0.5, 0.6) is 0 Å². The van der Waals surface area contributed by atoms with E-state index in [9.17, 15) is 14.0 Å². The second-order valence-corrected chi connectivity index (χ2v) is 4.64. The molecule has 1 fully saturated rings. The molecule has 0 unspecified atom stereocenters. The molecule has 0 spiro atoms. The molecule has 1 aliphatic heterocycles. The fourth-order valence-electron chi connectivity index (χ4n) is 2.31. The quantitative estimate of drug-likeness (QED) is 0.606. The summed E-state index contributed by atoms with van der Waals surface area (Å²) < 4.78 is 13.7. The average Bonchev–Trinajstić information content (AvgIpc) is 2.81. The number of carbonyl (C=O) groups excluding carboxylic acids is 2. The predicted octanol–water partition coefficient (Wildman–Crippen LogP) is 2.19. The fraction of sp³-hybridized carbons (Fsp3) is 0.429. The summed E-state index contributed by atoms with van der Waals surface area (Å²) in [5.41, 5.74) is 0.550. The first-order valence-electron chi connectivity index (χ1n) is 6.14. The molecule has 0 saturated carbocycles. The summed E-state index contributed by atoms with van der Waals surface area (Å²) in [5.74, 6) is -1.96. The lowest BCUT2D eigenvalue weighted by Crippen LogP contribution is -2.22. The van der Waals surface area contributed by atoms with Gasteiger partial charge in [-0.25, -0.2) is 4.39 Å². The van der Waals surface area contributed by atoms with E-state index >= 15 is 0 Å². The van der Waals surface area contributed by atoms with Gasteiger partial charge in [-0.2, -0.15) is 0 Å². The largest absolute Gasteiger partial charge is 0.299 e. The van der Waals surface area contributed by atoms with Crippen LogP contribution in [0.4, 0.5) is 4.39 Å². The number of hydrogen-bond acceptors (Lipinski definition) is 3. The highest BCUT2D eigenvalue weighted by Crippen LogP contribution is 2.19. The topological polar surface area (TPSA) is 37.4 Å². The molecular formula is C14H16FNO2. The van der Waals surface area contributed by atoms with Gasteiger partial charge in [0.05, 0.1) is 5.56 Å². The van der Waals surface area contributed by atoms with E-state index in [2.05, 4.69) is 4.90 Å². The molecule has 1 aromatic rings. The molecule has 4 heteroatoms. The fourth-order valence-corrected chi connectivity index (χ4v) is 2.31. The first-order chi connectivity index (χ1) is 8.59. The molecule has 1 saturated heterocycles. The zero-order valence-corrected chi connectivity index (χ0v) is 10.4. The zero-order chi connectivity index (χ0) is 13.1. The third-order valence-electron chi connectivity index (χ3n) is 3.24. The van der Waals surface area contributed by atoms with Gasteiger partial charge in [0.25, 0.3) is 0 Å². The maximum absolute atomic E-state index is 13.7. The van der Waals surface area contributed by atoms with Gasteiger partial charge in [-0.05, 0) is 37.6 Å². The van der Waals surface area contributed by atoms with Crippen molar-refractivity contribution in [2.24, 2.45) is 0 Å². The van der Waals surface area contributed by atoms with Crippen molar-refractivity contribution in [3.63, 3.8) is 0 Å². The van der Waals surface area contributed by atoms with Crippen molar-refractivity contribution in [1.82, 2.24) is 4.90 Å². The van der Waals surface area contributed by atoms with E-state index in [1.165, 1.54) is 13.0 Å². The SMILES string of the molecule is CC(=O)C(=O)c1c(F)cccc1CN1CCCC1. The van der Waals surface area contributed by atoms with Crippen LogP contribution in [0.2, 0.25) is 0 Å². The summed E-state index contributed by atoms with van der Waals surface area (Å²) in [5, 5.41) is 0. The number of halogens is 1. The van der Waals surface area contributed by atoms with Crippen molar-refractivity contribution < 1.29 is 14.0 Å². The van der Waals surface area contributed by atoms with Gasteiger partial charge >= 0.3 is 0 Å². The highest BCUT2D eigenvalue weighted by molar-refractivity contribution is 6.43. The maximum Gasteiger partial charge on any atom is 0.231 e. The Balaban J connectivity index is 2.31. The van der Waals surface area contributed by atoms with Crippen LogP contribution >= 0.6 is 0 Å². The Bertz CT molecular complexity index is 479. The minimum atomic E-state index is -0.734. The van der Waals surface area contributed by atoms with Crippen LogP contribution in [0, 0.1) is 5.82 Å². The van der Waals surface area contributed by atoms with Crippen LogP contribution in [0.15, 0.2) is 18.2 Å². The van der Waals surface area contributed by atoms with Crippen molar-refractivity contribution in [3.05, 3.63) is 35.1 Å². The normalized spacial score (nSPS) is 15.9. The number of benzene rings is 1. The molecule has 2 rings (SSSR count). The first-order valence-corrected chi connectivity index (χ1v) is 6.14. The molecule has 0 bridgehead atoms. The maximum atomic E-state index is 13.7. The van der Waals surface area contributed by atoms with Crippen molar-refractivity contribution in [2.75, 3.05) is 13.1 Å². The van der Waals surface area contributed by atoms with Crippen molar-refractivity contribution in [2.45, 2.75) is 26.3 Å². The predicted molar refractivity (Wildman–Crippen MR) is 65.9 cm³/mol. The molecule has 96 valence electrons. The summed E-state index contributed by atoms with van der Waals surface area (Å²) in [6.45, 7) is 3.63.